The van der Waals surface area contributed by atoms with Gasteiger partial charge in [0, 0.05) is 11.6 Å². The van der Waals surface area contributed by atoms with Crippen molar-refractivity contribution in [2.24, 2.45) is 5.16 Å². The normalized spacial score (nSPS) is 12.9. The molecule has 9 heteroatoms. The van der Waals surface area contributed by atoms with Gasteiger partial charge in [-0.2, -0.15) is 0 Å². The van der Waals surface area contributed by atoms with E-state index in [0.29, 0.717) is 24.5 Å². The van der Waals surface area contributed by atoms with Crippen molar-refractivity contribution in [2.45, 2.75) is 39.8 Å². The van der Waals surface area contributed by atoms with Crippen LogP contribution in [-0.4, -0.2) is 34.8 Å². The molecular weight excluding hydrogens is 511 g/mol. The number of nitrogens with one attached hydrogen (secondary N) is 1. The quantitative estimate of drug-likeness (QED) is 0.103. The Bertz CT molecular complexity index is 1240. The van der Waals surface area contributed by atoms with Crippen LogP contribution >= 0.6 is 19.2 Å². The minimum Gasteiger partial charge on any atom is -0.482 e. The molecule has 198 valence electrons. The first kappa shape index (κ1) is 28.9. The molecule has 0 aliphatic rings. The van der Waals surface area contributed by atoms with E-state index in [2.05, 4.69) is 24.3 Å². The second-order valence-corrected chi connectivity index (χ2v) is 11.2. The molecule has 1 unspecified atom stereocenters. The van der Waals surface area contributed by atoms with Crippen molar-refractivity contribution in [1.82, 2.24) is 5.32 Å². The summed E-state index contributed by atoms with van der Waals surface area (Å²) < 4.78 is 17.2. The van der Waals surface area contributed by atoms with Gasteiger partial charge in [0.15, 0.2) is 12.7 Å². The van der Waals surface area contributed by atoms with Crippen LogP contribution in [0.25, 0.3) is 0 Å². The molecule has 0 heterocycles. The summed E-state index contributed by atoms with van der Waals surface area (Å²) >= 11 is 6.22. The molecule has 0 radical (unpaired) electrons. The van der Waals surface area contributed by atoms with Crippen LogP contribution in [0.2, 0.25) is 5.02 Å². The van der Waals surface area contributed by atoms with Gasteiger partial charge in [-0.05, 0) is 85.8 Å². The number of ether oxygens (including phenoxy) is 1. The fourth-order valence-corrected chi connectivity index (χ4v) is 4.39. The number of halogens is 1. The third-order valence-electron chi connectivity index (χ3n) is 5.91. The van der Waals surface area contributed by atoms with Crippen molar-refractivity contribution in [3.8, 4) is 5.75 Å². The lowest BCUT2D eigenvalue weighted by atomic mass is 10.1. The fourth-order valence-electron chi connectivity index (χ4n) is 3.62. The van der Waals surface area contributed by atoms with E-state index in [1.165, 1.54) is 5.56 Å². The van der Waals surface area contributed by atoms with E-state index < -0.39 is 13.7 Å². The maximum atomic E-state index is 10.9. The molecule has 37 heavy (non-hydrogen) atoms. The molecule has 0 fully saturated rings. The van der Waals surface area contributed by atoms with Crippen molar-refractivity contribution in [2.75, 3.05) is 19.3 Å². The molecule has 0 aliphatic heterocycles. The van der Waals surface area contributed by atoms with E-state index in [9.17, 15) is 4.57 Å². The largest absolute Gasteiger partial charge is 0.482 e. The highest BCUT2D eigenvalue weighted by Gasteiger charge is 2.16. The summed E-state index contributed by atoms with van der Waals surface area (Å²) in [4.78, 5) is 23.6. The summed E-state index contributed by atoms with van der Waals surface area (Å²) in [6.45, 7) is 7.36. The molecule has 3 aromatic carbocycles. The van der Waals surface area contributed by atoms with Gasteiger partial charge >= 0.3 is 7.60 Å². The van der Waals surface area contributed by atoms with Crippen LogP contribution in [0, 0.1) is 13.8 Å². The fraction of sp³-hybridized carbons (Fsp3) is 0.321. The van der Waals surface area contributed by atoms with E-state index in [1.54, 1.807) is 0 Å². The van der Waals surface area contributed by atoms with E-state index in [1.807, 2.05) is 73.7 Å². The summed E-state index contributed by atoms with van der Waals surface area (Å²) in [5, 5.41) is 8.13. The zero-order valence-electron chi connectivity index (χ0n) is 21.4. The Morgan fingerprint density at radius 3 is 2.49 bits per heavy atom. The summed E-state index contributed by atoms with van der Waals surface area (Å²) in [5.74, 6) is 0.753. The first-order valence-corrected chi connectivity index (χ1v) is 14.3. The van der Waals surface area contributed by atoms with Gasteiger partial charge in [0.2, 0.25) is 0 Å². The number of rotatable bonds is 13. The number of nitrogens with zero attached hydrogens (tertiary/aromatic N) is 1. The lowest BCUT2D eigenvalue weighted by molar-refractivity contribution is 0.0533. The first-order valence-electron chi connectivity index (χ1n) is 12.1. The molecule has 3 N–H and O–H groups in total. The third-order valence-corrected chi connectivity index (χ3v) is 7.04. The minimum absolute atomic E-state index is 0.109. The van der Waals surface area contributed by atoms with Gasteiger partial charge in [-0.3, -0.25) is 4.57 Å². The van der Waals surface area contributed by atoms with Crippen molar-refractivity contribution >= 4 is 24.9 Å². The Morgan fingerprint density at radius 2 is 1.81 bits per heavy atom. The maximum Gasteiger partial charge on any atom is 0.325 e. The number of hydrogen-bond acceptors (Lipinski definition) is 5. The van der Waals surface area contributed by atoms with Gasteiger partial charge < -0.3 is 24.7 Å². The monoisotopic (exact) mass is 544 g/mol. The van der Waals surface area contributed by atoms with Gasteiger partial charge in [0.25, 0.3) is 0 Å². The molecule has 0 amide bonds. The van der Waals surface area contributed by atoms with Crippen LogP contribution in [0.1, 0.15) is 47.3 Å². The predicted octanol–water partition coefficient (Wildman–Crippen LogP) is 6.18. The van der Waals surface area contributed by atoms with Crippen LogP contribution in [-0.2, 0) is 15.9 Å². The summed E-state index contributed by atoms with van der Waals surface area (Å²) in [5.41, 5.74) is 5.98. The molecule has 1 atom stereocenters. The zero-order valence-corrected chi connectivity index (χ0v) is 23.0. The Morgan fingerprint density at radius 1 is 1.05 bits per heavy atom. The molecule has 0 aromatic heterocycles. The molecule has 7 nitrogen and oxygen atoms in total. The number of aryl methyl sites for hydroxylation is 2. The zero-order chi connectivity index (χ0) is 26.8. The second kappa shape index (κ2) is 13.8. The summed E-state index contributed by atoms with van der Waals surface area (Å²) in [6, 6.07) is 21.4. The molecule has 3 aromatic rings. The second-order valence-electron chi connectivity index (χ2n) is 9.00. The first-order chi connectivity index (χ1) is 17.6. The van der Waals surface area contributed by atoms with E-state index in [0.717, 1.165) is 33.7 Å². The van der Waals surface area contributed by atoms with E-state index >= 15 is 0 Å². The van der Waals surface area contributed by atoms with Crippen LogP contribution < -0.4 is 10.1 Å². The third kappa shape index (κ3) is 9.95. The van der Waals surface area contributed by atoms with Crippen molar-refractivity contribution in [1.29, 1.82) is 0 Å². The molecule has 0 saturated heterocycles. The summed E-state index contributed by atoms with van der Waals surface area (Å²) in [7, 11) is -3.93. The van der Waals surface area contributed by atoms with E-state index in [4.69, 9.17) is 31.0 Å². The average Bonchev–Trinajstić information content (AvgIpc) is 2.85. The lowest BCUT2D eigenvalue weighted by Crippen LogP contribution is -2.16. The molecule has 3 rings (SSSR count). The Balaban J connectivity index is 1.58. The SMILES string of the molecule is C/C(=N\OCC(Oc1ccc(C)c(C)c1)c1cccc(Cl)c1)c1ccc(CNCCCP(=O)(O)O)cc1. The van der Waals surface area contributed by atoms with Gasteiger partial charge in [0.1, 0.15) is 5.75 Å². The van der Waals surface area contributed by atoms with Gasteiger partial charge in [-0.25, -0.2) is 0 Å². The van der Waals surface area contributed by atoms with Gasteiger partial charge in [-0.15, -0.1) is 0 Å². The number of oxime groups is 1. The van der Waals surface area contributed by atoms with Crippen LogP contribution in [0.15, 0.2) is 71.9 Å². The predicted molar refractivity (Wildman–Crippen MR) is 149 cm³/mol. The Labute approximate surface area is 223 Å². The average molecular weight is 545 g/mol. The smallest absolute Gasteiger partial charge is 0.325 e. The molecule has 0 saturated carbocycles. The Kier molecular flexibility index (Phi) is 10.7. The molecule has 0 aliphatic carbocycles. The highest BCUT2D eigenvalue weighted by molar-refractivity contribution is 7.51. The van der Waals surface area contributed by atoms with Gasteiger partial charge in [0.05, 0.1) is 11.9 Å². The standard InChI is InChI=1S/C28H34ClN2O5P/c1-20-8-13-27(16-21(20)2)36-28(25-6-4-7-26(29)17-25)19-35-31-22(3)24-11-9-23(10-12-24)18-30-14-5-15-37(32,33)34/h4,6-13,16-17,28,30H,5,14-15,18-19H2,1-3H3,(H2,32,33,34)/b31-22+. The van der Waals surface area contributed by atoms with Crippen LogP contribution in [0.4, 0.5) is 0 Å². The lowest BCUT2D eigenvalue weighted by Gasteiger charge is -2.19. The van der Waals surface area contributed by atoms with Crippen molar-refractivity contribution in [3.63, 3.8) is 0 Å². The summed E-state index contributed by atoms with van der Waals surface area (Å²) in [6.07, 6.45) is -0.0754. The minimum atomic E-state index is -3.93. The van der Waals surface area contributed by atoms with Crippen molar-refractivity contribution < 1.29 is 23.9 Å². The number of hydrogen-bond donors (Lipinski definition) is 3. The topological polar surface area (TPSA) is 100 Å². The highest BCUT2D eigenvalue weighted by Crippen LogP contribution is 2.34. The van der Waals surface area contributed by atoms with Crippen LogP contribution in [0.5, 0.6) is 5.75 Å². The molecular formula is C28H34ClN2O5P. The Hall–Kier alpha value is -2.67. The van der Waals surface area contributed by atoms with Crippen molar-refractivity contribution in [3.05, 3.63) is 99.6 Å². The maximum absolute atomic E-state index is 10.9. The molecule has 0 bridgehead atoms. The van der Waals surface area contributed by atoms with E-state index in [-0.39, 0.29) is 12.8 Å². The van der Waals surface area contributed by atoms with Gasteiger partial charge in [-0.1, -0.05) is 59.2 Å². The number of benzene rings is 3. The van der Waals surface area contributed by atoms with Crippen LogP contribution in [0.3, 0.4) is 0 Å². The highest BCUT2D eigenvalue weighted by atomic mass is 35.5. The molecule has 0 spiro atoms.